The van der Waals surface area contributed by atoms with Crippen LogP contribution in [0.15, 0.2) is 48.7 Å². The fourth-order valence-corrected chi connectivity index (χ4v) is 4.66. The first kappa shape index (κ1) is 17.2. The SMILES string of the molecule is Cc1cccc2nc(C(=O)N3C[C@@H]4CC[C@H](Oc5cccc(F)c5)[C@@H]4C3)cn12. The number of aromatic nitrogens is 2. The molecule has 5 rings (SSSR count). The van der Waals surface area contributed by atoms with Gasteiger partial charge in [-0.15, -0.1) is 0 Å². The van der Waals surface area contributed by atoms with Gasteiger partial charge in [0.1, 0.15) is 29.0 Å². The number of amides is 1. The van der Waals surface area contributed by atoms with E-state index < -0.39 is 0 Å². The van der Waals surface area contributed by atoms with Crippen molar-refractivity contribution in [3.63, 3.8) is 0 Å². The quantitative estimate of drug-likeness (QED) is 0.697. The predicted octanol–water partition coefficient (Wildman–Crippen LogP) is 3.71. The van der Waals surface area contributed by atoms with Gasteiger partial charge in [0.05, 0.1) is 0 Å². The molecule has 1 aliphatic carbocycles. The van der Waals surface area contributed by atoms with Crippen LogP contribution in [0, 0.1) is 24.6 Å². The minimum atomic E-state index is -0.294. The maximum atomic E-state index is 13.4. The zero-order chi connectivity index (χ0) is 19.3. The van der Waals surface area contributed by atoms with Crippen molar-refractivity contribution in [3.05, 3.63) is 65.9 Å². The van der Waals surface area contributed by atoms with Crippen LogP contribution in [0.25, 0.3) is 5.65 Å². The minimum Gasteiger partial charge on any atom is -0.490 e. The normalized spacial score (nSPS) is 23.9. The van der Waals surface area contributed by atoms with Crippen molar-refractivity contribution in [2.45, 2.75) is 25.9 Å². The monoisotopic (exact) mass is 379 g/mol. The summed E-state index contributed by atoms with van der Waals surface area (Å²) in [7, 11) is 0. The first-order chi connectivity index (χ1) is 13.6. The number of likely N-dealkylation sites (tertiary alicyclic amines) is 1. The molecule has 1 saturated carbocycles. The molecule has 0 bridgehead atoms. The molecule has 1 aliphatic heterocycles. The van der Waals surface area contributed by atoms with E-state index in [0.717, 1.165) is 30.7 Å². The van der Waals surface area contributed by atoms with Crippen molar-refractivity contribution in [2.24, 2.45) is 11.8 Å². The van der Waals surface area contributed by atoms with Crippen molar-refractivity contribution >= 4 is 11.6 Å². The van der Waals surface area contributed by atoms with Crippen LogP contribution in [0.4, 0.5) is 4.39 Å². The summed E-state index contributed by atoms with van der Waals surface area (Å²) >= 11 is 0. The zero-order valence-corrected chi connectivity index (χ0v) is 15.7. The second-order valence-corrected chi connectivity index (χ2v) is 7.85. The molecule has 1 saturated heterocycles. The molecular weight excluding hydrogens is 357 g/mol. The molecule has 0 N–H and O–H groups in total. The third-order valence-corrected chi connectivity index (χ3v) is 6.08. The van der Waals surface area contributed by atoms with Gasteiger partial charge in [0.25, 0.3) is 5.91 Å². The Morgan fingerprint density at radius 1 is 1.18 bits per heavy atom. The Balaban J connectivity index is 1.32. The number of nitrogens with zero attached hydrogens (tertiary/aromatic N) is 3. The maximum absolute atomic E-state index is 13.4. The molecule has 3 heterocycles. The molecule has 144 valence electrons. The van der Waals surface area contributed by atoms with Crippen LogP contribution in [0.2, 0.25) is 0 Å². The van der Waals surface area contributed by atoms with E-state index >= 15 is 0 Å². The van der Waals surface area contributed by atoms with Crippen LogP contribution < -0.4 is 4.74 Å². The summed E-state index contributed by atoms with van der Waals surface area (Å²) in [5.74, 6) is 0.956. The highest BCUT2D eigenvalue weighted by Gasteiger charge is 2.45. The number of rotatable bonds is 3. The lowest BCUT2D eigenvalue weighted by molar-refractivity contribution is 0.0757. The molecule has 5 nitrogen and oxygen atoms in total. The number of benzene rings is 1. The second-order valence-electron chi connectivity index (χ2n) is 7.85. The van der Waals surface area contributed by atoms with Gasteiger partial charge in [0, 0.05) is 37.0 Å². The number of halogens is 1. The predicted molar refractivity (Wildman–Crippen MR) is 103 cm³/mol. The van der Waals surface area contributed by atoms with Crippen LogP contribution in [0.3, 0.4) is 0 Å². The molecule has 0 radical (unpaired) electrons. The largest absolute Gasteiger partial charge is 0.490 e. The topological polar surface area (TPSA) is 46.8 Å². The third-order valence-electron chi connectivity index (χ3n) is 6.08. The summed E-state index contributed by atoms with van der Waals surface area (Å²) in [5, 5.41) is 0. The standard InChI is InChI=1S/C22H22FN3O2/c1-14-4-2-7-21-24-19(13-26(14)21)22(27)25-11-15-8-9-20(18(15)12-25)28-17-6-3-5-16(23)10-17/h2-7,10,13,15,18,20H,8-9,11-12H2,1H3/t15-,18+,20-/m0/s1. The van der Waals surface area contributed by atoms with E-state index in [1.807, 2.05) is 40.6 Å². The van der Waals surface area contributed by atoms with Crippen LogP contribution in [-0.4, -0.2) is 39.4 Å². The molecule has 3 atom stereocenters. The van der Waals surface area contributed by atoms with E-state index in [2.05, 4.69) is 4.98 Å². The van der Waals surface area contributed by atoms with Gasteiger partial charge in [0.2, 0.25) is 0 Å². The summed E-state index contributed by atoms with van der Waals surface area (Å²) in [6, 6.07) is 12.1. The highest BCUT2D eigenvalue weighted by atomic mass is 19.1. The Hall–Kier alpha value is -2.89. The van der Waals surface area contributed by atoms with Crippen LogP contribution >= 0.6 is 0 Å². The van der Waals surface area contributed by atoms with Crippen LogP contribution in [0.5, 0.6) is 5.75 Å². The fraction of sp³-hybridized carbons (Fsp3) is 0.364. The lowest BCUT2D eigenvalue weighted by Gasteiger charge is -2.21. The zero-order valence-electron chi connectivity index (χ0n) is 15.7. The Labute approximate surface area is 162 Å². The summed E-state index contributed by atoms with van der Waals surface area (Å²) in [6.07, 6.45) is 3.81. The summed E-state index contributed by atoms with van der Waals surface area (Å²) in [6.45, 7) is 3.40. The number of fused-ring (bicyclic) bond motifs is 2. The minimum absolute atomic E-state index is 0.0212. The molecule has 2 aromatic heterocycles. The van der Waals surface area contributed by atoms with E-state index in [1.54, 1.807) is 12.1 Å². The maximum Gasteiger partial charge on any atom is 0.274 e. The molecule has 28 heavy (non-hydrogen) atoms. The van der Waals surface area contributed by atoms with E-state index in [0.29, 0.717) is 23.9 Å². The molecule has 1 aromatic carbocycles. The number of pyridine rings is 1. The smallest absolute Gasteiger partial charge is 0.274 e. The van der Waals surface area contributed by atoms with Gasteiger partial charge in [0.15, 0.2) is 0 Å². The van der Waals surface area contributed by atoms with Gasteiger partial charge in [-0.1, -0.05) is 12.1 Å². The number of imidazole rings is 1. The van der Waals surface area contributed by atoms with Gasteiger partial charge in [-0.2, -0.15) is 0 Å². The number of carbonyl (C=O) groups is 1. The molecule has 2 fully saturated rings. The highest BCUT2D eigenvalue weighted by molar-refractivity contribution is 5.93. The lowest BCUT2D eigenvalue weighted by atomic mass is 9.99. The van der Waals surface area contributed by atoms with Crippen LogP contribution in [-0.2, 0) is 0 Å². The number of aryl methyl sites for hydroxylation is 1. The Bertz CT molecular complexity index is 1050. The van der Waals surface area contributed by atoms with Gasteiger partial charge >= 0.3 is 0 Å². The average Bonchev–Trinajstić information content (AvgIpc) is 3.37. The van der Waals surface area contributed by atoms with E-state index in [4.69, 9.17) is 4.74 Å². The Kier molecular flexibility index (Phi) is 4.07. The van der Waals surface area contributed by atoms with Crippen molar-refractivity contribution < 1.29 is 13.9 Å². The highest BCUT2D eigenvalue weighted by Crippen LogP contribution is 2.40. The average molecular weight is 379 g/mol. The number of hydrogen-bond acceptors (Lipinski definition) is 3. The summed E-state index contributed by atoms with van der Waals surface area (Å²) < 4.78 is 21.5. The fourth-order valence-electron chi connectivity index (χ4n) is 4.66. The van der Waals surface area contributed by atoms with Crippen LogP contribution in [0.1, 0.15) is 29.0 Å². The molecule has 2 aliphatic rings. The van der Waals surface area contributed by atoms with E-state index in [-0.39, 0.29) is 23.7 Å². The second kappa shape index (κ2) is 6.62. The molecule has 0 spiro atoms. The third kappa shape index (κ3) is 2.93. The van der Waals surface area contributed by atoms with E-state index in [9.17, 15) is 9.18 Å². The lowest BCUT2D eigenvalue weighted by Crippen LogP contribution is -2.32. The number of hydrogen-bond donors (Lipinski definition) is 0. The van der Waals surface area contributed by atoms with Gasteiger partial charge in [-0.25, -0.2) is 9.37 Å². The van der Waals surface area contributed by atoms with Crippen molar-refractivity contribution in [1.29, 1.82) is 0 Å². The van der Waals surface area contributed by atoms with Crippen molar-refractivity contribution in [2.75, 3.05) is 13.1 Å². The summed E-state index contributed by atoms with van der Waals surface area (Å²) in [5.41, 5.74) is 2.32. The summed E-state index contributed by atoms with van der Waals surface area (Å²) in [4.78, 5) is 19.4. The first-order valence-electron chi connectivity index (χ1n) is 9.75. The van der Waals surface area contributed by atoms with E-state index in [1.165, 1.54) is 12.1 Å². The number of ether oxygens (including phenoxy) is 1. The van der Waals surface area contributed by atoms with Gasteiger partial charge < -0.3 is 14.0 Å². The molecule has 3 aromatic rings. The Morgan fingerprint density at radius 2 is 2.04 bits per heavy atom. The van der Waals surface area contributed by atoms with Crippen molar-refractivity contribution in [3.8, 4) is 5.75 Å². The first-order valence-corrected chi connectivity index (χ1v) is 9.75. The van der Waals surface area contributed by atoms with Gasteiger partial charge in [-0.05, 0) is 49.9 Å². The molecule has 6 heteroatoms. The Morgan fingerprint density at radius 3 is 2.86 bits per heavy atom. The van der Waals surface area contributed by atoms with Crippen molar-refractivity contribution in [1.82, 2.24) is 14.3 Å². The molecular formula is C22H22FN3O2. The number of carbonyl (C=O) groups excluding carboxylic acids is 1. The van der Waals surface area contributed by atoms with Gasteiger partial charge in [-0.3, -0.25) is 4.79 Å². The molecule has 0 unspecified atom stereocenters. The molecule has 1 amide bonds.